The summed E-state index contributed by atoms with van der Waals surface area (Å²) in [5.41, 5.74) is 1.96. The van der Waals surface area contributed by atoms with Gasteiger partial charge in [0.1, 0.15) is 5.78 Å². The van der Waals surface area contributed by atoms with Crippen molar-refractivity contribution in [1.29, 1.82) is 0 Å². The number of carbonyl (C=O) groups excluding carboxylic acids is 2. The molecule has 1 aromatic rings. The lowest BCUT2D eigenvalue weighted by Gasteiger charge is -2.10. The van der Waals surface area contributed by atoms with E-state index in [0.717, 1.165) is 6.42 Å². The van der Waals surface area contributed by atoms with Gasteiger partial charge in [-0.15, -0.1) is 0 Å². The van der Waals surface area contributed by atoms with E-state index in [1.54, 1.807) is 0 Å². The molecule has 0 saturated heterocycles. The first kappa shape index (κ1) is 14.6. The first-order valence-corrected chi connectivity index (χ1v) is 6.52. The fraction of sp³-hybridized carbons (Fsp3) is 0.500. The highest BCUT2D eigenvalue weighted by atomic mass is 16.1. The van der Waals surface area contributed by atoms with Crippen LogP contribution in [0.2, 0.25) is 0 Å². The zero-order chi connectivity index (χ0) is 13.7. The Kier molecular flexibility index (Phi) is 5.26. The fourth-order valence-corrected chi connectivity index (χ4v) is 2.08. The second kappa shape index (κ2) is 6.48. The summed E-state index contributed by atoms with van der Waals surface area (Å²) >= 11 is 0. The van der Waals surface area contributed by atoms with Gasteiger partial charge in [0.25, 0.3) is 0 Å². The summed E-state index contributed by atoms with van der Waals surface area (Å²) in [5.74, 6) is 0.509. The van der Waals surface area contributed by atoms with E-state index in [0.29, 0.717) is 17.9 Å². The summed E-state index contributed by atoms with van der Waals surface area (Å²) in [7, 11) is 0. The zero-order valence-corrected chi connectivity index (χ0v) is 11.7. The van der Waals surface area contributed by atoms with Crippen molar-refractivity contribution < 1.29 is 9.59 Å². The quantitative estimate of drug-likeness (QED) is 0.717. The van der Waals surface area contributed by atoms with Crippen LogP contribution in [0.15, 0.2) is 24.3 Å². The second-order valence-electron chi connectivity index (χ2n) is 5.47. The molecule has 0 radical (unpaired) electrons. The van der Waals surface area contributed by atoms with Gasteiger partial charge in [0.05, 0.1) is 0 Å². The number of benzene rings is 1. The highest BCUT2D eigenvalue weighted by Crippen LogP contribution is 2.15. The molecule has 18 heavy (non-hydrogen) atoms. The van der Waals surface area contributed by atoms with E-state index in [1.165, 1.54) is 12.5 Å². The average molecular weight is 246 g/mol. The van der Waals surface area contributed by atoms with Gasteiger partial charge in [0.15, 0.2) is 5.78 Å². The van der Waals surface area contributed by atoms with Gasteiger partial charge in [0.2, 0.25) is 0 Å². The van der Waals surface area contributed by atoms with Crippen LogP contribution in [0.4, 0.5) is 0 Å². The molecule has 0 N–H and O–H groups in total. The van der Waals surface area contributed by atoms with Crippen molar-refractivity contribution in [2.45, 2.75) is 40.5 Å². The van der Waals surface area contributed by atoms with E-state index in [1.807, 2.05) is 31.2 Å². The lowest BCUT2D eigenvalue weighted by molar-refractivity contribution is -0.117. The Hall–Kier alpha value is -1.44. The van der Waals surface area contributed by atoms with Crippen LogP contribution in [0, 0.1) is 11.8 Å². The van der Waals surface area contributed by atoms with Crippen molar-refractivity contribution in [2.75, 3.05) is 0 Å². The Labute approximate surface area is 109 Å². The Bertz CT molecular complexity index is 415. The number of hydrogen-bond donors (Lipinski definition) is 0. The second-order valence-corrected chi connectivity index (χ2v) is 5.47. The topological polar surface area (TPSA) is 34.1 Å². The third-order valence-corrected chi connectivity index (χ3v) is 2.92. The molecule has 0 aromatic heterocycles. The van der Waals surface area contributed by atoms with Gasteiger partial charge in [-0.05, 0) is 24.8 Å². The molecular weight excluding hydrogens is 224 g/mol. The van der Waals surface area contributed by atoms with E-state index in [2.05, 4.69) is 13.8 Å². The summed E-state index contributed by atoms with van der Waals surface area (Å²) < 4.78 is 0. The molecule has 0 saturated carbocycles. The molecule has 2 heteroatoms. The maximum Gasteiger partial charge on any atom is 0.166 e. The van der Waals surface area contributed by atoms with Crippen LogP contribution in [0.25, 0.3) is 0 Å². The number of rotatable bonds is 6. The molecule has 98 valence electrons. The molecule has 1 aromatic carbocycles. The van der Waals surface area contributed by atoms with Crippen LogP contribution in [-0.2, 0) is 11.2 Å². The summed E-state index contributed by atoms with van der Waals surface area (Å²) in [4.78, 5) is 23.1. The predicted octanol–water partition coefficient (Wildman–Crippen LogP) is 3.68. The van der Waals surface area contributed by atoms with Gasteiger partial charge >= 0.3 is 0 Å². The first-order valence-electron chi connectivity index (χ1n) is 6.52. The summed E-state index contributed by atoms with van der Waals surface area (Å²) in [6.07, 6.45) is 1.35. The first-order chi connectivity index (χ1) is 8.40. The van der Waals surface area contributed by atoms with Crippen molar-refractivity contribution in [2.24, 2.45) is 11.8 Å². The third kappa shape index (κ3) is 4.44. The smallest absolute Gasteiger partial charge is 0.166 e. The summed E-state index contributed by atoms with van der Waals surface area (Å²) in [6.45, 7) is 7.68. The van der Waals surface area contributed by atoms with E-state index in [-0.39, 0.29) is 17.5 Å². The molecule has 0 amide bonds. The van der Waals surface area contributed by atoms with E-state index in [4.69, 9.17) is 0 Å². The Balaban J connectivity index is 2.72. The minimum absolute atomic E-state index is 0.0568. The summed E-state index contributed by atoms with van der Waals surface area (Å²) in [5, 5.41) is 0. The molecule has 0 bridgehead atoms. The molecule has 1 atom stereocenters. The molecule has 0 aliphatic heterocycles. The van der Waals surface area contributed by atoms with Gasteiger partial charge in [-0.2, -0.15) is 0 Å². The third-order valence-electron chi connectivity index (χ3n) is 2.92. The Morgan fingerprint density at radius 1 is 1.06 bits per heavy atom. The van der Waals surface area contributed by atoms with Gasteiger partial charge in [0, 0.05) is 17.9 Å². The lowest BCUT2D eigenvalue weighted by Crippen LogP contribution is -2.14. The maximum atomic E-state index is 12.1. The van der Waals surface area contributed by atoms with E-state index in [9.17, 15) is 9.59 Å². The van der Waals surface area contributed by atoms with Gasteiger partial charge < -0.3 is 4.79 Å². The Morgan fingerprint density at radius 3 is 2.06 bits per heavy atom. The van der Waals surface area contributed by atoms with Crippen LogP contribution >= 0.6 is 0 Å². The van der Waals surface area contributed by atoms with E-state index < -0.39 is 0 Å². The predicted molar refractivity (Wildman–Crippen MR) is 73.8 cm³/mol. The molecule has 1 unspecified atom stereocenters. The van der Waals surface area contributed by atoms with Gasteiger partial charge in [-0.1, -0.05) is 45.0 Å². The van der Waals surface area contributed by atoms with Crippen molar-refractivity contribution in [3.05, 3.63) is 35.4 Å². The maximum absolute atomic E-state index is 12.1. The van der Waals surface area contributed by atoms with Crippen molar-refractivity contribution >= 4 is 11.6 Å². The highest BCUT2D eigenvalue weighted by molar-refractivity contribution is 5.99. The zero-order valence-electron chi connectivity index (χ0n) is 11.7. The van der Waals surface area contributed by atoms with Crippen molar-refractivity contribution in [1.82, 2.24) is 0 Å². The monoisotopic (exact) mass is 246 g/mol. The Morgan fingerprint density at radius 2 is 1.61 bits per heavy atom. The highest BCUT2D eigenvalue weighted by Gasteiger charge is 2.16. The van der Waals surface area contributed by atoms with Crippen LogP contribution in [0.5, 0.6) is 0 Å². The van der Waals surface area contributed by atoms with Crippen molar-refractivity contribution in [3.63, 3.8) is 0 Å². The molecule has 1 rings (SSSR count). The van der Waals surface area contributed by atoms with Crippen LogP contribution in [-0.4, -0.2) is 11.6 Å². The molecule has 0 heterocycles. The van der Waals surface area contributed by atoms with Crippen LogP contribution < -0.4 is 0 Å². The normalized spacial score (nSPS) is 12.5. The van der Waals surface area contributed by atoms with Crippen molar-refractivity contribution in [3.8, 4) is 0 Å². The van der Waals surface area contributed by atoms with Gasteiger partial charge in [-0.3, -0.25) is 4.79 Å². The van der Waals surface area contributed by atoms with E-state index >= 15 is 0 Å². The molecule has 0 spiro atoms. The average Bonchev–Trinajstić information content (AvgIpc) is 2.27. The van der Waals surface area contributed by atoms with Gasteiger partial charge in [-0.25, -0.2) is 0 Å². The van der Waals surface area contributed by atoms with Crippen LogP contribution in [0.1, 0.15) is 50.0 Å². The SMILES string of the molecule is CC(=O)CC(C)C(=O)c1ccc(CC(C)C)cc1. The minimum Gasteiger partial charge on any atom is -0.300 e. The summed E-state index contributed by atoms with van der Waals surface area (Å²) in [6, 6.07) is 7.76. The standard InChI is InChI=1S/C16H22O2/c1-11(2)9-14-5-7-15(8-6-14)16(18)12(3)10-13(4)17/h5-8,11-12H,9-10H2,1-4H3. The van der Waals surface area contributed by atoms with Crippen LogP contribution in [0.3, 0.4) is 0 Å². The number of carbonyl (C=O) groups is 2. The number of ketones is 2. The fourth-order valence-electron chi connectivity index (χ4n) is 2.08. The molecule has 0 fully saturated rings. The largest absolute Gasteiger partial charge is 0.300 e. The molecular formula is C16H22O2. The molecule has 2 nitrogen and oxygen atoms in total. The number of hydrogen-bond acceptors (Lipinski definition) is 2. The lowest BCUT2D eigenvalue weighted by atomic mass is 9.93. The minimum atomic E-state index is -0.224. The molecule has 0 aliphatic carbocycles. The number of Topliss-reactive ketones (excluding diaryl/α,β-unsaturated/α-hetero) is 2. The molecule has 0 aliphatic rings.